The topological polar surface area (TPSA) is 248 Å². The van der Waals surface area contributed by atoms with Crippen molar-refractivity contribution < 1.29 is 79.8 Å². The number of hydrogen-bond acceptors (Lipinski definition) is 18. The first kappa shape index (κ1) is 60.0. The molecule has 0 bridgehead atoms. The second-order valence-electron chi connectivity index (χ2n) is 13.7. The highest BCUT2D eigenvalue weighted by Gasteiger charge is 2.37. The molecule has 0 aromatic heterocycles. The van der Waals surface area contributed by atoms with Crippen molar-refractivity contribution in [3.8, 4) is 0 Å². The molecule has 30 heteroatoms. The van der Waals surface area contributed by atoms with Gasteiger partial charge in [0.15, 0.2) is 0 Å². The van der Waals surface area contributed by atoms with Gasteiger partial charge in [0, 0.05) is 50.5 Å². The molecule has 0 aromatic carbocycles. The van der Waals surface area contributed by atoms with Gasteiger partial charge in [-0.2, -0.15) is 16.8 Å². The van der Waals surface area contributed by atoms with Gasteiger partial charge in [-0.15, -0.1) is 0 Å². The van der Waals surface area contributed by atoms with Crippen molar-refractivity contribution in [2.24, 2.45) is 0 Å². The third-order valence-electron chi connectivity index (χ3n) is 8.47. The normalized spacial score (nSPS) is 15.8. The van der Waals surface area contributed by atoms with Gasteiger partial charge >= 0.3 is 17.6 Å². The van der Waals surface area contributed by atoms with Crippen LogP contribution in [0.5, 0.6) is 0 Å². The second kappa shape index (κ2) is 33.5. The van der Waals surface area contributed by atoms with Crippen molar-refractivity contribution >= 4 is 99.3 Å². The lowest BCUT2D eigenvalue weighted by atomic mass is 10.2. The molecule has 0 saturated heterocycles. The van der Waals surface area contributed by atoms with Crippen LogP contribution >= 0.6 is 0 Å². The van der Waals surface area contributed by atoms with Crippen LogP contribution in [0, 0.1) is 0 Å². The summed E-state index contributed by atoms with van der Waals surface area (Å²) in [6.45, 7) is 11.4. The number of rotatable bonds is 41. The Balaban J connectivity index is 5.10. The molecule has 0 rings (SSSR count). The molecule has 59 heavy (non-hydrogen) atoms. The Hall–Kier alpha value is 0.995. The van der Waals surface area contributed by atoms with Crippen LogP contribution in [0.1, 0.15) is 46.5 Å². The van der Waals surface area contributed by atoms with E-state index in [0.717, 1.165) is 0 Å². The largest absolute Gasteiger partial charge is 0.468 e. The van der Waals surface area contributed by atoms with Crippen LogP contribution in [0.2, 0.25) is 25.2 Å². The summed E-state index contributed by atoms with van der Waals surface area (Å²) in [5.74, 6) is -0.865. The molecule has 0 heterocycles. The first-order valence-electron chi connectivity index (χ1n) is 18.9. The summed E-state index contributed by atoms with van der Waals surface area (Å²) in [7, 11) is -1.76. The van der Waals surface area contributed by atoms with Gasteiger partial charge in [-0.05, 0) is 72.6 Å². The van der Waals surface area contributed by atoms with Crippen molar-refractivity contribution in [3.63, 3.8) is 0 Å². The van der Waals surface area contributed by atoms with Gasteiger partial charge < -0.3 is 53.9 Å². The Morgan fingerprint density at radius 2 is 0.983 bits per heavy atom. The van der Waals surface area contributed by atoms with E-state index in [-0.39, 0.29) is 110 Å². The van der Waals surface area contributed by atoms with Gasteiger partial charge in [0.25, 0.3) is 20.2 Å². The van der Waals surface area contributed by atoms with E-state index < -0.39 is 61.6 Å². The SMILES string of the molecule is C[Si]O[Si](CCCOCC(O)CN(CCCS(=O)(=O)O)C(C)COCC(C)OCC(C)N(CCCS(=O)(=O)O)CC(O)COCCC[Si](O[Si])(O[Si])O[Si]C)(O[Si])O[Si]. The summed E-state index contributed by atoms with van der Waals surface area (Å²) < 4.78 is 120. The Bertz CT molecular complexity index is 1270. The zero-order valence-electron chi connectivity index (χ0n) is 34.5. The third kappa shape index (κ3) is 29.9. The van der Waals surface area contributed by atoms with Gasteiger partial charge in [-0.1, -0.05) is 0 Å². The van der Waals surface area contributed by atoms with Crippen LogP contribution in [-0.2, 0) is 63.9 Å². The van der Waals surface area contributed by atoms with Gasteiger partial charge in [0.2, 0.25) is 61.5 Å². The average molecular weight is 1020 g/mol. The quantitative estimate of drug-likeness (QED) is 0.0310. The maximum absolute atomic E-state index is 11.4. The molecule has 0 fully saturated rings. The summed E-state index contributed by atoms with van der Waals surface area (Å²) in [5, 5.41) is 21.5. The Morgan fingerprint density at radius 3 is 1.34 bits per heavy atom. The van der Waals surface area contributed by atoms with Crippen molar-refractivity contribution in [2.45, 2.75) is 102 Å². The molecule has 0 spiro atoms. The zero-order valence-corrected chi connectivity index (χ0v) is 44.2. The lowest BCUT2D eigenvalue weighted by molar-refractivity contribution is -0.0487. The fourth-order valence-corrected chi connectivity index (χ4v) is 15.8. The molecule has 0 aliphatic carbocycles. The van der Waals surface area contributed by atoms with Gasteiger partial charge in [-0.25, -0.2) is 0 Å². The average Bonchev–Trinajstić information content (AvgIpc) is 3.17. The van der Waals surface area contributed by atoms with E-state index in [1.54, 1.807) is 0 Å². The van der Waals surface area contributed by atoms with Crippen LogP contribution in [0.4, 0.5) is 0 Å². The predicted molar refractivity (Wildman–Crippen MR) is 227 cm³/mol. The number of nitrogens with zero attached hydrogens (tertiary/aromatic N) is 2. The van der Waals surface area contributed by atoms with E-state index in [9.17, 15) is 36.2 Å². The Labute approximate surface area is 373 Å². The number of hydrogen-bond donors (Lipinski definition) is 4. The zero-order chi connectivity index (χ0) is 45.0. The molecule has 5 atom stereocenters. The summed E-state index contributed by atoms with van der Waals surface area (Å²) in [6, 6.07) is 0.410. The van der Waals surface area contributed by atoms with E-state index in [2.05, 4.69) is 41.9 Å². The standard InChI is InChI=1S/C29H62N2O18S2Si8/c1-25(30(10-6-14-50(34,35)36)18-28(32)23-40-12-8-16-58(44-52,45-53)48-56-4)20-42-22-27(3)43-21-26(2)31(11-7-15-51(37,38)39)19-29(33)24-41-13-9-17-59(46-54,47-55)49-57-5/h25-29,32-33H,6-24H2,1-5H3,(H,34,35,36)(H,37,38,39). The molecule has 0 amide bonds. The summed E-state index contributed by atoms with van der Waals surface area (Å²) in [5.41, 5.74) is 0. The molecule has 0 aliphatic rings. The summed E-state index contributed by atoms with van der Waals surface area (Å²) >= 11 is 0. The molecule has 0 aromatic rings. The first-order valence-corrected chi connectivity index (χ1v) is 30.4. The molecule has 4 N–H and O–H groups in total. The third-order valence-corrected chi connectivity index (χ3v) is 21.1. The van der Waals surface area contributed by atoms with E-state index in [1.165, 1.54) is 0 Å². The highest BCUT2D eigenvalue weighted by atomic mass is 32.2. The lowest BCUT2D eigenvalue weighted by Crippen LogP contribution is -2.45. The first-order chi connectivity index (χ1) is 27.7. The molecule has 5 unspecified atom stereocenters. The highest BCUT2D eigenvalue weighted by molar-refractivity contribution is 7.86. The van der Waals surface area contributed by atoms with Crippen LogP contribution in [0.3, 0.4) is 0 Å². The summed E-state index contributed by atoms with van der Waals surface area (Å²) in [4.78, 5) is 3.73. The second-order valence-corrected chi connectivity index (χ2v) is 26.3. The van der Waals surface area contributed by atoms with Crippen LogP contribution in [0.15, 0.2) is 0 Å². The van der Waals surface area contributed by atoms with Crippen LogP contribution in [-0.4, -0.2) is 239 Å². The maximum atomic E-state index is 11.4. The fourth-order valence-electron chi connectivity index (χ4n) is 5.46. The maximum Gasteiger partial charge on any atom is 0.468 e. The molecular formula is C29H62N2O18S2Si8. The number of aliphatic hydroxyl groups is 2. The predicted octanol–water partition coefficient (Wildman–Crippen LogP) is -1.47. The van der Waals surface area contributed by atoms with Gasteiger partial charge in [-0.3, -0.25) is 18.9 Å². The van der Waals surface area contributed by atoms with Crippen molar-refractivity contribution in [3.05, 3.63) is 0 Å². The van der Waals surface area contributed by atoms with Crippen LogP contribution < -0.4 is 0 Å². The molecule has 16 radical (unpaired) electrons. The number of aliphatic hydroxyl groups excluding tert-OH is 2. The molecule has 20 nitrogen and oxygen atoms in total. The Morgan fingerprint density at radius 1 is 0.593 bits per heavy atom. The number of ether oxygens (including phenoxy) is 4. The van der Waals surface area contributed by atoms with Gasteiger partial charge in [0.1, 0.15) is 0 Å². The van der Waals surface area contributed by atoms with E-state index in [1.807, 2.05) is 43.7 Å². The fraction of sp³-hybridized carbons (Fsp3) is 1.00. The van der Waals surface area contributed by atoms with Crippen LogP contribution in [0.25, 0.3) is 0 Å². The lowest BCUT2D eigenvalue weighted by Gasteiger charge is -2.32. The summed E-state index contributed by atoms with van der Waals surface area (Å²) in [6.07, 6.45) is -0.804. The molecule has 0 aliphatic heterocycles. The molecular weight excluding hydrogens is 953 g/mol. The minimum Gasteiger partial charge on any atom is -0.416 e. The van der Waals surface area contributed by atoms with E-state index in [4.69, 9.17) is 43.6 Å². The van der Waals surface area contributed by atoms with Crippen molar-refractivity contribution in [1.29, 1.82) is 0 Å². The van der Waals surface area contributed by atoms with Crippen molar-refractivity contribution in [2.75, 3.05) is 83.9 Å². The molecule has 0 saturated carbocycles. The minimum absolute atomic E-state index is 0.0217. The van der Waals surface area contributed by atoms with Crippen molar-refractivity contribution in [1.82, 2.24) is 9.80 Å². The monoisotopic (exact) mass is 1010 g/mol. The minimum atomic E-state index is -4.17. The van der Waals surface area contributed by atoms with Gasteiger partial charge in [0.05, 0.1) is 62.9 Å². The Kier molecular flexibility index (Phi) is 34.0. The molecule has 340 valence electrons. The van der Waals surface area contributed by atoms with E-state index >= 15 is 0 Å². The van der Waals surface area contributed by atoms with E-state index in [0.29, 0.717) is 38.1 Å². The highest BCUT2D eigenvalue weighted by Crippen LogP contribution is 2.17. The smallest absolute Gasteiger partial charge is 0.416 e.